The van der Waals surface area contributed by atoms with Gasteiger partial charge in [0.1, 0.15) is 0 Å². The fourth-order valence-electron chi connectivity index (χ4n) is 3.76. The molecule has 0 radical (unpaired) electrons. The van der Waals surface area contributed by atoms with Gasteiger partial charge in [-0.05, 0) is 49.1 Å². The highest BCUT2D eigenvalue weighted by molar-refractivity contribution is 5.88. The standard InChI is InChI=1S/C22H21N3O3/c26-20(27)16-8-6-15(7-9-16)19-24-21(25-28-19)22(10-11-22)13-23-18-12-17(18)14-4-2-1-3-5-14/h1-9,17-18,23H,10-13H2,(H,26,27)/t17?,18-/m0/s1. The van der Waals surface area contributed by atoms with Crippen molar-refractivity contribution in [3.8, 4) is 11.5 Å². The summed E-state index contributed by atoms with van der Waals surface area (Å²) in [6.07, 6.45) is 3.28. The molecule has 142 valence electrons. The highest BCUT2D eigenvalue weighted by atomic mass is 16.5. The van der Waals surface area contributed by atoms with E-state index < -0.39 is 5.97 Å². The van der Waals surface area contributed by atoms with Crippen LogP contribution in [0.5, 0.6) is 0 Å². The van der Waals surface area contributed by atoms with Gasteiger partial charge in [0.05, 0.1) is 5.56 Å². The Morgan fingerprint density at radius 3 is 2.57 bits per heavy atom. The molecular weight excluding hydrogens is 354 g/mol. The van der Waals surface area contributed by atoms with E-state index in [-0.39, 0.29) is 11.0 Å². The van der Waals surface area contributed by atoms with Gasteiger partial charge in [0.2, 0.25) is 0 Å². The number of benzene rings is 2. The van der Waals surface area contributed by atoms with Crippen LogP contribution in [0.3, 0.4) is 0 Å². The summed E-state index contributed by atoms with van der Waals surface area (Å²) in [4.78, 5) is 15.6. The van der Waals surface area contributed by atoms with E-state index in [4.69, 9.17) is 9.63 Å². The number of carboxylic acids is 1. The predicted octanol–water partition coefficient (Wildman–Crippen LogP) is 3.61. The minimum Gasteiger partial charge on any atom is -0.478 e. The molecule has 2 aromatic carbocycles. The van der Waals surface area contributed by atoms with Gasteiger partial charge in [-0.2, -0.15) is 4.98 Å². The number of carboxylic acid groups (broad SMARTS) is 1. The lowest BCUT2D eigenvalue weighted by atomic mass is 10.1. The Morgan fingerprint density at radius 2 is 1.89 bits per heavy atom. The third-order valence-electron chi connectivity index (χ3n) is 5.85. The molecule has 6 heteroatoms. The third-order valence-corrected chi connectivity index (χ3v) is 5.85. The summed E-state index contributed by atoms with van der Waals surface area (Å²) < 4.78 is 5.45. The number of hydrogen-bond donors (Lipinski definition) is 2. The Morgan fingerprint density at radius 1 is 1.14 bits per heavy atom. The molecule has 1 heterocycles. The van der Waals surface area contributed by atoms with Gasteiger partial charge in [0.15, 0.2) is 5.82 Å². The molecule has 1 aromatic heterocycles. The van der Waals surface area contributed by atoms with E-state index in [2.05, 4.69) is 45.8 Å². The van der Waals surface area contributed by atoms with Crippen LogP contribution in [0.25, 0.3) is 11.5 Å². The van der Waals surface area contributed by atoms with Gasteiger partial charge in [-0.25, -0.2) is 4.79 Å². The number of carbonyl (C=O) groups is 1. The van der Waals surface area contributed by atoms with Crippen molar-refractivity contribution in [3.63, 3.8) is 0 Å². The van der Waals surface area contributed by atoms with Crippen LogP contribution in [-0.4, -0.2) is 33.8 Å². The Labute approximate surface area is 162 Å². The van der Waals surface area contributed by atoms with Crippen LogP contribution in [-0.2, 0) is 5.41 Å². The first kappa shape index (κ1) is 17.1. The smallest absolute Gasteiger partial charge is 0.335 e. The number of nitrogens with one attached hydrogen (secondary N) is 1. The molecule has 2 saturated carbocycles. The molecular formula is C22H21N3O3. The summed E-state index contributed by atoms with van der Waals surface area (Å²) >= 11 is 0. The maximum Gasteiger partial charge on any atom is 0.335 e. The van der Waals surface area contributed by atoms with Gasteiger partial charge < -0.3 is 14.9 Å². The molecule has 2 atom stereocenters. The summed E-state index contributed by atoms with van der Waals surface area (Å²) in [6, 6.07) is 17.7. The first-order valence-corrected chi connectivity index (χ1v) is 9.61. The monoisotopic (exact) mass is 375 g/mol. The number of nitrogens with zero attached hydrogens (tertiary/aromatic N) is 2. The van der Waals surface area contributed by atoms with Crippen LogP contribution in [0, 0.1) is 0 Å². The fourth-order valence-corrected chi connectivity index (χ4v) is 3.76. The average Bonchev–Trinajstić information content (AvgIpc) is 3.64. The zero-order valence-corrected chi connectivity index (χ0v) is 15.3. The summed E-state index contributed by atoms with van der Waals surface area (Å²) in [5.74, 6) is 0.834. The maximum absolute atomic E-state index is 11.0. The summed E-state index contributed by atoms with van der Waals surface area (Å²) in [5.41, 5.74) is 2.34. The largest absolute Gasteiger partial charge is 0.478 e. The van der Waals surface area contributed by atoms with Gasteiger partial charge >= 0.3 is 5.97 Å². The Balaban J connectivity index is 1.24. The highest BCUT2D eigenvalue weighted by Crippen LogP contribution is 2.48. The highest BCUT2D eigenvalue weighted by Gasteiger charge is 2.50. The number of hydrogen-bond acceptors (Lipinski definition) is 5. The van der Waals surface area contributed by atoms with Crippen molar-refractivity contribution in [2.75, 3.05) is 6.54 Å². The molecule has 2 aliphatic carbocycles. The van der Waals surface area contributed by atoms with E-state index in [1.54, 1.807) is 24.3 Å². The zero-order chi connectivity index (χ0) is 19.1. The van der Waals surface area contributed by atoms with Crippen LogP contribution in [0.1, 0.15) is 46.9 Å². The van der Waals surface area contributed by atoms with Crippen LogP contribution >= 0.6 is 0 Å². The molecule has 2 fully saturated rings. The lowest BCUT2D eigenvalue weighted by Crippen LogP contribution is -2.30. The van der Waals surface area contributed by atoms with E-state index in [1.165, 1.54) is 12.0 Å². The molecule has 5 rings (SSSR count). The van der Waals surface area contributed by atoms with E-state index in [9.17, 15) is 4.79 Å². The quantitative estimate of drug-likeness (QED) is 0.656. The van der Waals surface area contributed by atoms with Crippen molar-refractivity contribution in [1.29, 1.82) is 0 Å². The second-order valence-corrected chi connectivity index (χ2v) is 7.83. The molecule has 0 bridgehead atoms. The minimum atomic E-state index is -0.949. The van der Waals surface area contributed by atoms with E-state index in [0.29, 0.717) is 17.9 Å². The maximum atomic E-state index is 11.0. The molecule has 1 unspecified atom stereocenters. The molecule has 0 amide bonds. The first-order chi connectivity index (χ1) is 13.6. The average molecular weight is 375 g/mol. The third kappa shape index (κ3) is 3.20. The molecule has 2 N–H and O–H groups in total. The van der Waals surface area contributed by atoms with Crippen LogP contribution < -0.4 is 5.32 Å². The molecule has 0 aliphatic heterocycles. The van der Waals surface area contributed by atoms with Gasteiger partial charge in [0.25, 0.3) is 5.89 Å². The summed E-state index contributed by atoms with van der Waals surface area (Å²) in [5, 5.41) is 16.9. The predicted molar refractivity (Wildman–Crippen MR) is 103 cm³/mol. The number of aromatic nitrogens is 2. The van der Waals surface area contributed by atoms with Crippen molar-refractivity contribution in [1.82, 2.24) is 15.5 Å². The van der Waals surface area contributed by atoms with E-state index in [0.717, 1.165) is 30.8 Å². The zero-order valence-electron chi connectivity index (χ0n) is 15.3. The molecule has 6 nitrogen and oxygen atoms in total. The first-order valence-electron chi connectivity index (χ1n) is 9.61. The van der Waals surface area contributed by atoms with E-state index in [1.807, 2.05) is 0 Å². The Hall–Kier alpha value is -2.99. The second kappa shape index (κ2) is 6.56. The molecule has 3 aromatic rings. The number of aromatic carboxylic acids is 1. The minimum absolute atomic E-state index is 0.0351. The SMILES string of the molecule is O=C(O)c1ccc(-c2nc(C3(CN[C@H]4CC4c4ccccc4)CC3)no2)cc1. The van der Waals surface area contributed by atoms with Gasteiger partial charge in [0, 0.05) is 29.5 Å². The summed E-state index contributed by atoms with van der Waals surface area (Å²) in [7, 11) is 0. The van der Waals surface area contributed by atoms with Crippen molar-refractivity contribution < 1.29 is 14.4 Å². The normalized spacial score (nSPS) is 22.0. The Bertz CT molecular complexity index is 993. The summed E-state index contributed by atoms with van der Waals surface area (Å²) in [6.45, 7) is 0.859. The van der Waals surface area contributed by atoms with Crippen molar-refractivity contribution >= 4 is 5.97 Å². The topological polar surface area (TPSA) is 88.2 Å². The van der Waals surface area contributed by atoms with Crippen molar-refractivity contribution in [2.45, 2.75) is 36.6 Å². The molecule has 0 spiro atoms. The Kier molecular flexibility index (Phi) is 4.02. The van der Waals surface area contributed by atoms with Crippen molar-refractivity contribution in [2.24, 2.45) is 0 Å². The van der Waals surface area contributed by atoms with Gasteiger partial charge in [-0.15, -0.1) is 0 Å². The molecule has 2 aliphatic rings. The van der Waals surface area contributed by atoms with Gasteiger partial charge in [-0.1, -0.05) is 35.5 Å². The van der Waals surface area contributed by atoms with Crippen LogP contribution in [0.4, 0.5) is 0 Å². The molecule has 0 saturated heterocycles. The lowest BCUT2D eigenvalue weighted by Gasteiger charge is -2.12. The number of rotatable bonds is 7. The van der Waals surface area contributed by atoms with Crippen LogP contribution in [0.2, 0.25) is 0 Å². The lowest BCUT2D eigenvalue weighted by molar-refractivity contribution is 0.0697. The fraction of sp³-hybridized carbons (Fsp3) is 0.318. The van der Waals surface area contributed by atoms with Crippen molar-refractivity contribution in [3.05, 3.63) is 71.5 Å². The second-order valence-electron chi connectivity index (χ2n) is 7.83. The molecule has 28 heavy (non-hydrogen) atoms. The van der Waals surface area contributed by atoms with Crippen LogP contribution in [0.15, 0.2) is 59.1 Å². The van der Waals surface area contributed by atoms with E-state index >= 15 is 0 Å². The van der Waals surface area contributed by atoms with Gasteiger partial charge in [-0.3, -0.25) is 0 Å².